The van der Waals surface area contributed by atoms with E-state index in [2.05, 4.69) is 36.2 Å². The third-order valence-electron chi connectivity index (χ3n) is 4.74. The summed E-state index contributed by atoms with van der Waals surface area (Å²) in [6.45, 7) is 2.06. The van der Waals surface area contributed by atoms with E-state index in [0.717, 1.165) is 43.2 Å². The number of rotatable bonds is 3. The number of hydrogen-bond acceptors (Lipinski definition) is 4. The zero-order chi connectivity index (χ0) is 17.1. The first-order valence-corrected chi connectivity index (χ1v) is 8.27. The average molecular weight is 327 g/mol. The molecule has 128 valence electrons. The summed E-state index contributed by atoms with van der Waals surface area (Å²) in [6, 6.07) is 10.5. The maximum absolute atomic E-state index is 5.53. The van der Waals surface area contributed by atoms with Gasteiger partial charge in [-0.2, -0.15) is 0 Å². The Bertz CT molecular complexity index is 727. The van der Waals surface area contributed by atoms with Crippen LogP contribution in [0.1, 0.15) is 11.1 Å². The lowest BCUT2D eigenvalue weighted by Gasteiger charge is -2.17. The van der Waals surface area contributed by atoms with E-state index in [0.29, 0.717) is 0 Å². The van der Waals surface area contributed by atoms with E-state index in [1.54, 1.807) is 21.3 Å². The molecule has 0 fully saturated rings. The highest BCUT2D eigenvalue weighted by Gasteiger charge is 2.18. The van der Waals surface area contributed by atoms with E-state index in [1.807, 2.05) is 6.07 Å². The Labute approximate surface area is 144 Å². The summed E-state index contributed by atoms with van der Waals surface area (Å²) in [7, 11) is 7.25. The van der Waals surface area contributed by atoms with Crippen molar-refractivity contribution in [3.63, 3.8) is 0 Å². The predicted octanol–water partition coefficient (Wildman–Crippen LogP) is 3.41. The molecule has 0 aliphatic carbocycles. The number of ether oxygens (including phenoxy) is 3. The second-order valence-corrected chi connectivity index (χ2v) is 6.19. The predicted molar refractivity (Wildman–Crippen MR) is 96.4 cm³/mol. The third-order valence-corrected chi connectivity index (χ3v) is 4.74. The van der Waals surface area contributed by atoms with Gasteiger partial charge in [-0.1, -0.05) is 6.07 Å². The van der Waals surface area contributed by atoms with Gasteiger partial charge in [0.05, 0.1) is 21.3 Å². The third kappa shape index (κ3) is 3.20. The summed E-state index contributed by atoms with van der Waals surface area (Å²) >= 11 is 0. The Morgan fingerprint density at radius 2 is 1.38 bits per heavy atom. The molecule has 0 N–H and O–H groups in total. The Hall–Kier alpha value is -2.20. The molecule has 4 heteroatoms. The lowest BCUT2D eigenvalue weighted by atomic mass is 9.92. The highest BCUT2D eigenvalue weighted by atomic mass is 16.5. The number of benzene rings is 2. The zero-order valence-electron chi connectivity index (χ0n) is 14.9. The van der Waals surface area contributed by atoms with E-state index in [9.17, 15) is 0 Å². The molecule has 0 radical (unpaired) electrons. The van der Waals surface area contributed by atoms with E-state index < -0.39 is 0 Å². The SMILES string of the molecule is COc1ccc2c(c1)-c1cc(OC)c(OC)cc1CCN(C)CC2. The van der Waals surface area contributed by atoms with Crippen LogP contribution < -0.4 is 14.2 Å². The van der Waals surface area contributed by atoms with Crippen LogP contribution in [0.3, 0.4) is 0 Å². The van der Waals surface area contributed by atoms with Crippen LogP contribution in [0.25, 0.3) is 11.1 Å². The fourth-order valence-corrected chi connectivity index (χ4v) is 3.26. The number of likely N-dealkylation sites (N-methyl/N-ethyl adjacent to an activating group) is 1. The normalized spacial score (nSPS) is 14.7. The van der Waals surface area contributed by atoms with Crippen molar-refractivity contribution < 1.29 is 14.2 Å². The highest BCUT2D eigenvalue weighted by molar-refractivity contribution is 5.75. The van der Waals surface area contributed by atoms with Crippen molar-refractivity contribution in [3.05, 3.63) is 41.5 Å². The summed E-state index contributed by atoms with van der Waals surface area (Å²) in [5, 5.41) is 0. The number of hydrogen-bond donors (Lipinski definition) is 0. The fraction of sp³-hybridized carbons (Fsp3) is 0.400. The van der Waals surface area contributed by atoms with Crippen LogP contribution in [-0.2, 0) is 12.8 Å². The summed E-state index contributed by atoms with van der Waals surface area (Å²) in [4.78, 5) is 2.37. The van der Waals surface area contributed by atoms with Crippen molar-refractivity contribution in [1.82, 2.24) is 4.90 Å². The smallest absolute Gasteiger partial charge is 0.161 e. The molecule has 0 amide bonds. The molecule has 24 heavy (non-hydrogen) atoms. The van der Waals surface area contributed by atoms with Gasteiger partial charge >= 0.3 is 0 Å². The molecule has 2 aromatic carbocycles. The molecule has 1 aliphatic heterocycles. The van der Waals surface area contributed by atoms with Gasteiger partial charge in [0.25, 0.3) is 0 Å². The van der Waals surface area contributed by atoms with Crippen molar-refractivity contribution in [3.8, 4) is 28.4 Å². The second kappa shape index (κ2) is 7.14. The molecular weight excluding hydrogens is 302 g/mol. The van der Waals surface area contributed by atoms with Gasteiger partial charge in [-0.05, 0) is 66.4 Å². The first-order valence-electron chi connectivity index (χ1n) is 8.27. The zero-order valence-corrected chi connectivity index (χ0v) is 14.9. The summed E-state index contributed by atoms with van der Waals surface area (Å²) < 4.78 is 16.5. The van der Waals surface area contributed by atoms with E-state index in [1.165, 1.54) is 22.3 Å². The van der Waals surface area contributed by atoms with E-state index in [4.69, 9.17) is 14.2 Å². The molecule has 0 spiro atoms. The van der Waals surface area contributed by atoms with Gasteiger partial charge in [-0.15, -0.1) is 0 Å². The minimum atomic E-state index is 0.762. The second-order valence-electron chi connectivity index (χ2n) is 6.19. The maximum Gasteiger partial charge on any atom is 0.161 e. The molecule has 0 saturated carbocycles. The first-order chi connectivity index (χ1) is 11.7. The molecule has 2 aromatic rings. The Morgan fingerprint density at radius 3 is 2.04 bits per heavy atom. The quantitative estimate of drug-likeness (QED) is 0.864. The van der Waals surface area contributed by atoms with Gasteiger partial charge in [0, 0.05) is 13.1 Å². The van der Waals surface area contributed by atoms with Crippen LogP contribution in [0, 0.1) is 0 Å². The molecule has 1 aliphatic rings. The lowest BCUT2D eigenvalue weighted by Crippen LogP contribution is -2.23. The summed E-state index contributed by atoms with van der Waals surface area (Å²) in [5.41, 5.74) is 5.03. The fourth-order valence-electron chi connectivity index (χ4n) is 3.26. The summed E-state index contributed by atoms with van der Waals surface area (Å²) in [6.07, 6.45) is 1.99. The standard InChI is InChI=1S/C20H25NO3/c1-21-9-7-14-5-6-16(22-2)12-17(14)18-13-20(24-4)19(23-3)11-15(18)8-10-21/h5-6,11-13H,7-10H2,1-4H3. The Balaban J connectivity index is 2.23. The van der Waals surface area contributed by atoms with Crippen molar-refractivity contribution in [2.75, 3.05) is 41.5 Å². The van der Waals surface area contributed by atoms with Crippen molar-refractivity contribution in [1.29, 1.82) is 0 Å². The van der Waals surface area contributed by atoms with Gasteiger partial charge in [-0.3, -0.25) is 0 Å². The van der Waals surface area contributed by atoms with E-state index >= 15 is 0 Å². The van der Waals surface area contributed by atoms with E-state index in [-0.39, 0.29) is 0 Å². The van der Waals surface area contributed by atoms with Crippen molar-refractivity contribution in [2.24, 2.45) is 0 Å². The molecule has 1 heterocycles. The molecule has 0 bridgehead atoms. The maximum atomic E-state index is 5.53. The topological polar surface area (TPSA) is 30.9 Å². The van der Waals surface area contributed by atoms with Crippen LogP contribution in [0.2, 0.25) is 0 Å². The molecule has 0 unspecified atom stereocenters. The monoisotopic (exact) mass is 327 g/mol. The summed E-state index contributed by atoms with van der Waals surface area (Å²) in [5.74, 6) is 2.42. The number of nitrogens with zero attached hydrogens (tertiary/aromatic N) is 1. The molecule has 0 saturated heterocycles. The van der Waals surface area contributed by atoms with Gasteiger partial charge < -0.3 is 19.1 Å². The number of fused-ring (bicyclic) bond motifs is 3. The van der Waals surface area contributed by atoms with Gasteiger partial charge in [0.1, 0.15) is 5.75 Å². The lowest BCUT2D eigenvalue weighted by molar-refractivity contribution is 0.342. The molecule has 3 rings (SSSR count). The molecule has 0 aromatic heterocycles. The minimum absolute atomic E-state index is 0.762. The van der Waals surface area contributed by atoms with Crippen molar-refractivity contribution in [2.45, 2.75) is 12.8 Å². The Kier molecular flexibility index (Phi) is 4.95. The average Bonchev–Trinajstić information content (AvgIpc) is 2.69. The van der Waals surface area contributed by atoms with Crippen LogP contribution >= 0.6 is 0 Å². The van der Waals surface area contributed by atoms with Gasteiger partial charge in [0.2, 0.25) is 0 Å². The first kappa shape index (κ1) is 16.7. The highest BCUT2D eigenvalue weighted by Crippen LogP contribution is 2.39. The van der Waals surface area contributed by atoms with Crippen LogP contribution in [0.4, 0.5) is 0 Å². The molecular formula is C20H25NO3. The minimum Gasteiger partial charge on any atom is -0.497 e. The molecule has 0 atom stereocenters. The van der Waals surface area contributed by atoms with Crippen LogP contribution in [0.15, 0.2) is 30.3 Å². The Morgan fingerprint density at radius 1 is 0.750 bits per heavy atom. The van der Waals surface area contributed by atoms with Crippen molar-refractivity contribution >= 4 is 0 Å². The number of methoxy groups -OCH3 is 3. The van der Waals surface area contributed by atoms with Gasteiger partial charge in [-0.25, -0.2) is 0 Å². The van der Waals surface area contributed by atoms with Crippen LogP contribution in [-0.4, -0.2) is 46.4 Å². The van der Waals surface area contributed by atoms with Crippen LogP contribution in [0.5, 0.6) is 17.2 Å². The van der Waals surface area contributed by atoms with Gasteiger partial charge in [0.15, 0.2) is 11.5 Å². The largest absolute Gasteiger partial charge is 0.497 e. The molecule has 4 nitrogen and oxygen atoms in total.